The smallest absolute Gasteiger partial charge is 0.251 e. The second kappa shape index (κ2) is 9.56. The third-order valence-electron chi connectivity index (χ3n) is 4.43. The number of carbonyl (C=O) groups is 1. The quantitative estimate of drug-likeness (QED) is 0.676. The summed E-state index contributed by atoms with van der Waals surface area (Å²) in [5, 5.41) is 3.45. The molecule has 2 rings (SSSR count). The number of halogens is 3. The first kappa shape index (κ1) is 20.2. The molecule has 1 heterocycles. The van der Waals surface area contributed by atoms with Gasteiger partial charge in [-0.25, -0.2) is 4.39 Å². The second-order valence-corrected chi connectivity index (χ2v) is 7.43. The van der Waals surface area contributed by atoms with Crippen LogP contribution in [0.2, 0.25) is 10.0 Å². The van der Waals surface area contributed by atoms with Crippen LogP contribution in [0.4, 0.5) is 4.39 Å². The van der Waals surface area contributed by atoms with Crippen LogP contribution in [0.1, 0.15) is 43.0 Å². The molecule has 0 atom stereocenters. The highest BCUT2D eigenvalue weighted by molar-refractivity contribution is 6.35. The summed E-state index contributed by atoms with van der Waals surface area (Å²) in [5.41, 5.74) is -1.01. The molecule has 1 aromatic rings. The van der Waals surface area contributed by atoms with Crippen LogP contribution in [0.15, 0.2) is 30.4 Å². The number of nitrogens with one attached hydrogen (secondary N) is 1. The van der Waals surface area contributed by atoms with Crippen LogP contribution >= 0.6 is 23.2 Å². The number of alkyl halides is 1. The molecule has 1 amide bonds. The summed E-state index contributed by atoms with van der Waals surface area (Å²) in [6.07, 6.45) is 7.39. The van der Waals surface area contributed by atoms with E-state index in [1.165, 1.54) is 12.1 Å². The number of hydrogen-bond donors (Lipinski definition) is 1. The molecule has 0 aromatic heterocycles. The van der Waals surface area contributed by atoms with E-state index < -0.39 is 5.67 Å². The highest BCUT2D eigenvalue weighted by atomic mass is 35.5. The van der Waals surface area contributed by atoms with Crippen molar-refractivity contribution in [2.24, 2.45) is 0 Å². The SMILES string of the molecule is CCCC=CCN1CCC(F)(CNC(=O)c2cc(Cl)cc(Cl)c2)CC1. The van der Waals surface area contributed by atoms with Crippen molar-refractivity contribution in [3.8, 4) is 0 Å². The fourth-order valence-electron chi connectivity index (χ4n) is 2.85. The molecule has 0 unspecified atom stereocenters. The van der Waals surface area contributed by atoms with Gasteiger partial charge in [-0.15, -0.1) is 0 Å². The summed E-state index contributed by atoms with van der Waals surface area (Å²) in [6, 6.07) is 4.61. The lowest BCUT2D eigenvalue weighted by molar-refractivity contribution is 0.0584. The monoisotopic (exact) mass is 386 g/mol. The minimum atomic E-state index is -1.36. The van der Waals surface area contributed by atoms with Crippen LogP contribution in [0.5, 0.6) is 0 Å². The van der Waals surface area contributed by atoms with Crippen molar-refractivity contribution < 1.29 is 9.18 Å². The summed E-state index contributed by atoms with van der Waals surface area (Å²) in [4.78, 5) is 14.4. The minimum Gasteiger partial charge on any atom is -0.349 e. The van der Waals surface area contributed by atoms with Gasteiger partial charge in [0.05, 0.1) is 6.54 Å². The highest BCUT2D eigenvalue weighted by Gasteiger charge is 2.34. The maximum Gasteiger partial charge on any atom is 0.251 e. The molecular weight excluding hydrogens is 362 g/mol. The summed E-state index contributed by atoms with van der Waals surface area (Å²) >= 11 is 11.8. The van der Waals surface area contributed by atoms with Crippen molar-refractivity contribution in [1.82, 2.24) is 10.2 Å². The third-order valence-corrected chi connectivity index (χ3v) is 4.86. The first-order chi connectivity index (χ1) is 11.9. The number of piperidine rings is 1. The van der Waals surface area contributed by atoms with E-state index in [1.807, 2.05) is 0 Å². The average Bonchev–Trinajstić information content (AvgIpc) is 2.57. The Morgan fingerprint density at radius 1 is 1.24 bits per heavy atom. The van der Waals surface area contributed by atoms with Gasteiger partial charge in [-0.05, 0) is 37.5 Å². The van der Waals surface area contributed by atoms with Gasteiger partial charge < -0.3 is 5.32 Å². The van der Waals surface area contributed by atoms with Crippen LogP contribution < -0.4 is 5.32 Å². The maximum absolute atomic E-state index is 14.9. The Hall–Kier alpha value is -1.10. The molecule has 6 heteroatoms. The van der Waals surface area contributed by atoms with Gasteiger partial charge in [0.1, 0.15) is 5.67 Å². The number of hydrogen-bond acceptors (Lipinski definition) is 2. The Kier molecular flexibility index (Phi) is 7.73. The molecule has 1 N–H and O–H groups in total. The molecule has 0 saturated carbocycles. The van der Waals surface area contributed by atoms with Gasteiger partial charge in [0.25, 0.3) is 5.91 Å². The number of rotatable bonds is 7. The lowest BCUT2D eigenvalue weighted by atomic mass is 9.93. The van der Waals surface area contributed by atoms with E-state index in [0.29, 0.717) is 41.5 Å². The van der Waals surface area contributed by atoms with Crippen molar-refractivity contribution in [3.63, 3.8) is 0 Å². The van der Waals surface area contributed by atoms with Crippen LogP contribution in [0.25, 0.3) is 0 Å². The largest absolute Gasteiger partial charge is 0.349 e. The van der Waals surface area contributed by atoms with Crippen molar-refractivity contribution in [2.45, 2.75) is 38.3 Å². The van der Waals surface area contributed by atoms with E-state index in [2.05, 4.69) is 29.3 Å². The molecule has 1 saturated heterocycles. The van der Waals surface area contributed by atoms with E-state index in [1.54, 1.807) is 6.07 Å². The lowest BCUT2D eigenvalue weighted by Crippen LogP contribution is -2.48. The van der Waals surface area contributed by atoms with E-state index in [-0.39, 0.29) is 12.5 Å². The van der Waals surface area contributed by atoms with E-state index in [4.69, 9.17) is 23.2 Å². The molecule has 1 fully saturated rings. The Balaban J connectivity index is 1.80. The molecule has 1 aliphatic heterocycles. The average molecular weight is 387 g/mol. The number of allylic oxidation sites excluding steroid dienone is 1. The lowest BCUT2D eigenvalue weighted by Gasteiger charge is -2.36. The molecule has 1 aromatic carbocycles. The number of likely N-dealkylation sites (tertiary alicyclic amines) is 1. The van der Waals surface area contributed by atoms with Crippen molar-refractivity contribution in [3.05, 3.63) is 46.0 Å². The number of nitrogens with zero attached hydrogens (tertiary/aromatic N) is 1. The zero-order chi connectivity index (χ0) is 18.3. The minimum absolute atomic E-state index is 0.00940. The zero-order valence-electron chi connectivity index (χ0n) is 14.5. The molecule has 0 bridgehead atoms. The van der Waals surface area contributed by atoms with Gasteiger partial charge >= 0.3 is 0 Å². The Labute approximate surface area is 159 Å². The fraction of sp³-hybridized carbons (Fsp3) is 0.526. The summed E-state index contributed by atoms with van der Waals surface area (Å²) in [7, 11) is 0. The topological polar surface area (TPSA) is 32.3 Å². The Bertz CT molecular complexity index is 593. The normalized spacial score (nSPS) is 17.8. The van der Waals surface area contributed by atoms with Gasteiger partial charge in [-0.3, -0.25) is 9.69 Å². The van der Waals surface area contributed by atoms with Crippen molar-refractivity contribution >= 4 is 29.1 Å². The predicted molar refractivity (Wildman–Crippen MR) is 102 cm³/mol. The number of unbranched alkanes of at least 4 members (excludes halogenated alkanes) is 1. The van der Waals surface area contributed by atoms with E-state index in [9.17, 15) is 9.18 Å². The van der Waals surface area contributed by atoms with Crippen LogP contribution in [0.3, 0.4) is 0 Å². The standard InChI is InChI=1S/C19H25Cl2FN2O/c1-2-3-4-5-8-24-9-6-19(22,7-10-24)14-23-18(25)15-11-16(20)13-17(21)12-15/h4-5,11-13H,2-3,6-10,14H2,1H3,(H,23,25). The van der Waals surface area contributed by atoms with Crippen LogP contribution in [-0.4, -0.2) is 42.7 Å². The molecule has 138 valence electrons. The molecule has 0 radical (unpaired) electrons. The van der Waals surface area contributed by atoms with Gasteiger partial charge in [-0.1, -0.05) is 48.7 Å². The van der Waals surface area contributed by atoms with Crippen LogP contribution in [0, 0.1) is 0 Å². The Morgan fingerprint density at radius 2 is 1.88 bits per heavy atom. The predicted octanol–water partition coefficient (Wildman–Crippen LogP) is 4.88. The van der Waals surface area contributed by atoms with Gasteiger partial charge in [0, 0.05) is 35.2 Å². The fourth-order valence-corrected chi connectivity index (χ4v) is 3.37. The maximum atomic E-state index is 14.9. The number of benzene rings is 1. The molecule has 0 spiro atoms. The molecule has 3 nitrogen and oxygen atoms in total. The molecule has 1 aliphatic rings. The summed E-state index contributed by atoms with van der Waals surface area (Å²) < 4.78 is 14.9. The van der Waals surface area contributed by atoms with Gasteiger partial charge in [0.15, 0.2) is 0 Å². The highest BCUT2D eigenvalue weighted by Crippen LogP contribution is 2.26. The van der Waals surface area contributed by atoms with E-state index >= 15 is 0 Å². The summed E-state index contributed by atoms with van der Waals surface area (Å²) in [6.45, 7) is 4.42. The molecule has 0 aliphatic carbocycles. The van der Waals surface area contributed by atoms with Crippen molar-refractivity contribution in [1.29, 1.82) is 0 Å². The van der Waals surface area contributed by atoms with Gasteiger partial charge in [0.2, 0.25) is 0 Å². The number of amides is 1. The van der Waals surface area contributed by atoms with Crippen molar-refractivity contribution in [2.75, 3.05) is 26.2 Å². The summed E-state index contributed by atoms with van der Waals surface area (Å²) in [5.74, 6) is -0.355. The zero-order valence-corrected chi connectivity index (χ0v) is 16.0. The second-order valence-electron chi connectivity index (χ2n) is 6.55. The Morgan fingerprint density at radius 3 is 2.48 bits per heavy atom. The number of carbonyl (C=O) groups excluding carboxylic acids is 1. The third kappa shape index (κ3) is 6.61. The van der Waals surface area contributed by atoms with Gasteiger partial charge in [-0.2, -0.15) is 0 Å². The first-order valence-corrected chi connectivity index (χ1v) is 9.48. The molecular formula is C19H25Cl2FN2O. The van der Waals surface area contributed by atoms with E-state index in [0.717, 1.165) is 19.4 Å². The van der Waals surface area contributed by atoms with Crippen LogP contribution in [-0.2, 0) is 0 Å². The molecule has 25 heavy (non-hydrogen) atoms. The first-order valence-electron chi connectivity index (χ1n) is 8.72.